The first kappa shape index (κ1) is 14.6. The van der Waals surface area contributed by atoms with Crippen LogP contribution in [0.1, 0.15) is 49.2 Å². The van der Waals surface area contributed by atoms with Gasteiger partial charge in [-0.1, -0.05) is 18.3 Å². The van der Waals surface area contributed by atoms with Gasteiger partial charge in [0.05, 0.1) is 0 Å². The molecule has 21 heavy (non-hydrogen) atoms. The second-order valence-electron chi connectivity index (χ2n) is 6.39. The van der Waals surface area contributed by atoms with Crippen molar-refractivity contribution in [2.75, 3.05) is 30.3 Å². The first-order valence-electron chi connectivity index (χ1n) is 7.88. The summed E-state index contributed by atoms with van der Waals surface area (Å²) in [4.78, 5) is 22.1. The summed E-state index contributed by atoms with van der Waals surface area (Å²) < 4.78 is 0. The highest BCUT2D eigenvalue weighted by molar-refractivity contribution is 7.18. The molecule has 2 unspecified atom stereocenters. The highest BCUT2D eigenvalue weighted by Gasteiger charge is 2.31. The minimum absolute atomic E-state index is 0.0643. The standard InChI is InChI=1S/C15H24N4OS/c1-10-5-6-11(2)19(9-10)14(20)12-13(16)17-15(21-12)18-7-3-4-8-18/h10-11H,3-9,16H2,1-2H3. The van der Waals surface area contributed by atoms with Gasteiger partial charge in [-0.05, 0) is 38.5 Å². The van der Waals surface area contributed by atoms with E-state index in [1.165, 1.54) is 30.6 Å². The third-order valence-electron chi connectivity index (χ3n) is 4.59. The third-order valence-corrected chi connectivity index (χ3v) is 5.71. The topological polar surface area (TPSA) is 62.5 Å². The Balaban J connectivity index is 1.80. The molecule has 1 aromatic heterocycles. The maximum atomic E-state index is 12.8. The lowest BCUT2D eigenvalue weighted by molar-refractivity contribution is 0.0580. The molecule has 0 aliphatic carbocycles. The minimum Gasteiger partial charge on any atom is -0.382 e. The summed E-state index contributed by atoms with van der Waals surface area (Å²) in [5, 5.41) is 0.908. The van der Waals surface area contributed by atoms with Crippen LogP contribution in [0.5, 0.6) is 0 Å². The van der Waals surface area contributed by atoms with Gasteiger partial charge in [-0.25, -0.2) is 4.98 Å². The van der Waals surface area contributed by atoms with Crippen LogP contribution in [-0.2, 0) is 0 Å². The number of nitrogen functional groups attached to an aromatic ring is 1. The van der Waals surface area contributed by atoms with Crippen LogP contribution in [0.2, 0.25) is 0 Å². The van der Waals surface area contributed by atoms with Crippen molar-refractivity contribution < 1.29 is 4.79 Å². The van der Waals surface area contributed by atoms with Gasteiger partial charge in [-0.2, -0.15) is 0 Å². The maximum Gasteiger partial charge on any atom is 0.268 e. The number of aromatic nitrogens is 1. The number of carbonyl (C=O) groups is 1. The lowest BCUT2D eigenvalue weighted by Gasteiger charge is -2.36. The van der Waals surface area contributed by atoms with Crippen LogP contribution in [-0.4, -0.2) is 41.5 Å². The van der Waals surface area contributed by atoms with Gasteiger partial charge in [0.25, 0.3) is 5.91 Å². The van der Waals surface area contributed by atoms with E-state index in [0.717, 1.165) is 31.2 Å². The predicted octanol–water partition coefficient (Wildman–Crippen LogP) is 2.59. The second kappa shape index (κ2) is 5.83. The summed E-state index contributed by atoms with van der Waals surface area (Å²) in [5.74, 6) is 1.03. The molecule has 0 bridgehead atoms. The number of amides is 1. The van der Waals surface area contributed by atoms with E-state index in [2.05, 4.69) is 23.7 Å². The smallest absolute Gasteiger partial charge is 0.268 e. The zero-order valence-electron chi connectivity index (χ0n) is 12.8. The number of nitrogens with two attached hydrogens (primary N) is 1. The number of likely N-dealkylation sites (tertiary alicyclic amines) is 1. The van der Waals surface area contributed by atoms with Crippen molar-refractivity contribution in [2.45, 2.75) is 45.6 Å². The van der Waals surface area contributed by atoms with Gasteiger partial charge in [0.1, 0.15) is 10.7 Å². The molecule has 116 valence electrons. The third kappa shape index (κ3) is 2.86. The fourth-order valence-electron chi connectivity index (χ4n) is 3.22. The number of thiazole rings is 1. The number of anilines is 2. The molecule has 2 aliphatic rings. The van der Waals surface area contributed by atoms with Crippen LogP contribution in [0, 0.1) is 5.92 Å². The van der Waals surface area contributed by atoms with E-state index in [1.54, 1.807) is 0 Å². The van der Waals surface area contributed by atoms with Crippen molar-refractivity contribution in [3.05, 3.63) is 4.88 Å². The van der Waals surface area contributed by atoms with E-state index < -0.39 is 0 Å². The van der Waals surface area contributed by atoms with Crippen LogP contribution in [0.4, 0.5) is 10.9 Å². The normalized spacial score (nSPS) is 26.4. The van der Waals surface area contributed by atoms with Crippen molar-refractivity contribution >= 4 is 28.2 Å². The number of rotatable bonds is 2. The van der Waals surface area contributed by atoms with E-state index in [9.17, 15) is 4.79 Å². The molecule has 1 amide bonds. The fraction of sp³-hybridized carbons (Fsp3) is 0.733. The monoisotopic (exact) mass is 308 g/mol. The van der Waals surface area contributed by atoms with E-state index in [0.29, 0.717) is 22.7 Å². The Morgan fingerprint density at radius 1 is 1.29 bits per heavy atom. The van der Waals surface area contributed by atoms with Crippen molar-refractivity contribution in [1.82, 2.24) is 9.88 Å². The number of carbonyl (C=O) groups excluding carboxylic acids is 1. The zero-order valence-corrected chi connectivity index (χ0v) is 13.7. The second-order valence-corrected chi connectivity index (χ2v) is 7.37. The average molecular weight is 308 g/mol. The molecular formula is C15H24N4OS. The maximum absolute atomic E-state index is 12.8. The molecular weight excluding hydrogens is 284 g/mol. The molecule has 5 nitrogen and oxygen atoms in total. The summed E-state index contributed by atoms with van der Waals surface area (Å²) in [5.41, 5.74) is 6.02. The molecule has 2 fully saturated rings. The van der Waals surface area contributed by atoms with Crippen LogP contribution >= 0.6 is 11.3 Å². The summed E-state index contributed by atoms with van der Waals surface area (Å²) in [6.07, 6.45) is 4.67. The van der Waals surface area contributed by atoms with Crippen LogP contribution in [0.3, 0.4) is 0 Å². The summed E-state index contributed by atoms with van der Waals surface area (Å²) in [6.45, 7) is 7.21. The molecule has 2 aliphatic heterocycles. The number of hydrogen-bond acceptors (Lipinski definition) is 5. The highest BCUT2D eigenvalue weighted by Crippen LogP contribution is 2.33. The molecule has 2 atom stereocenters. The quantitative estimate of drug-likeness (QED) is 0.912. The van der Waals surface area contributed by atoms with E-state index in [4.69, 9.17) is 5.73 Å². The van der Waals surface area contributed by atoms with Crippen LogP contribution in [0.25, 0.3) is 0 Å². The number of hydrogen-bond donors (Lipinski definition) is 1. The highest BCUT2D eigenvalue weighted by atomic mass is 32.1. The Hall–Kier alpha value is -1.30. The Morgan fingerprint density at radius 2 is 2.00 bits per heavy atom. The fourth-order valence-corrected chi connectivity index (χ4v) is 4.21. The number of piperidine rings is 1. The molecule has 0 saturated carbocycles. The average Bonchev–Trinajstić information content (AvgIpc) is 3.09. The Morgan fingerprint density at radius 3 is 2.71 bits per heavy atom. The van der Waals surface area contributed by atoms with Gasteiger partial charge in [0.15, 0.2) is 5.13 Å². The lowest BCUT2D eigenvalue weighted by Crippen LogP contribution is -2.44. The van der Waals surface area contributed by atoms with Gasteiger partial charge in [-0.15, -0.1) is 0 Å². The van der Waals surface area contributed by atoms with Crippen molar-refractivity contribution in [3.8, 4) is 0 Å². The Bertz CT molecular complexity index is 524. The Kier molecular flexibility index (Phi) is 4.06. The van der Waals surface area contributed by atoms with Crippen LogP contribution in [0.15, 0.2) is 0 Å². The molecule has 6 heteroatoms. The summed E-state index contributed by atoms with van der Waals surface area (Å²) in [6, 6.07) is 0.297. The lowest BCUT2D eigenvalue weighted by atomic mass is 9.95. The molecule has 0 aromatic carbocycles. The predicted molar refractivity (Wildman–Crippen MR) is 86.9 cm³/mol. The van der Waals surface area contributed by atoms with E-state index in [1.807, 2.05) is 4.90 Å². The molecule has 0 spiro atoms. The largest absolute Gasteiger partial charge is 0.382 e. The summed E-state index contributed by atoms with van der Waals surface area (Å²) >= 11 is 1.46. The molecule has 2 N–H and O–H groups in total. The minimum atomic E-state index is 0.0643. The first-order chi connectivity index (χ1) is 10.1. The van der Waals surface area contributed by atoms with E-state index >= 15 is 0 Å². The van der Waals surface area contributed by atoms with Crippen molar-refractivity contribution in [3.63, 3.8) is 0 Å². The zero-order chi connectivity index (χ0) is 15.0. The molecule has 0 radical (unpaired) electrons. The van der Waals surface area contributed by atoms with Gasteiger partial charge < -0.3 is 15.5 Å². The van der Waals surface area contributed by atoms with Gasteiger partial charge in [0, 0.05) is 25.7 Å². The molecule has 1 aromatic rings. The molecule has 3 rings (SSSR count). The number of nitrogens with zero attached hydrogens (tertiary/aromatic N) is 3. The molecule has 2 saturated heterocycles. The van der Waals surface area contributed by atoms with Gasteiger partial charge in [0.2, 0.25) is 0 Å². The Labute approximate surface area is 130 Å². The van der Waals surface area contributed by atoms with Crippen molar-refractivity contribution in [2.24, 2.45) is 5.92 Å². The van der Waals surface area contributed by atoms with Gasteiger partial charge in [-0.3, -0.25) is 4.79 Å². The van der Waals surface area contributed by atoms with Crippen LogP contribution < -0.4 is 10.6 Å². The summed E-state index contributed by atoms with van der Waals surface area (Å²) in [7, 11) is 0. The first-order valence-corrected chi connectivity index (χ1v) is 8.70. The molecule has 3 heterocycles. The van der Waals surface area contributed by atoms with Gasteiger partial charge >= 0.3 is 0 Å². The van der Waals surface area contributed by atoms with Crippen molar-refractivity contribution in [1.29, 1.82) is 0 Å². The SMILES string of the molecule is CC1CCC(C)N(C(=O)c2sc(N3CCCC3)nc2N)C1. The van der Waals surface area contributed by atoms with E-state index in [-0.39, 0.29) is 5.91 Å².